The van der Waals surface area contributed by atoms with Crippen molar-refractivity contribution in [2.24, 2.45) is 47.3 Å². The molecule has 0 amide bonds. The maximum absolute atomic E-state index is 11.7. The minimum absolute atomic E-state index is 0.438. The molecule has 2 nitrogen and oxygen atoms in total. The SMILES string of the molecule is CO[C@@H]1[C@H]2[C@H]3[C@@H]4C[C@@H]5[C@H]3[C@@H]2[C@@](O)(c2ccccc2)[C@H]5[C@@H]41. The Morgan fingerprint density at radius 2 is 1.80 bits per heavy atom. The van der Waals surface area contributed by atoms with Crippen molar-refractivity contribution < 1.29 is 9.84 Å². The molecule has 1 aromatic rings. The van der Waals surface area contributed by atoms with Crippen molar-refractivity contribution in [3.8, 4) is 0 Å². The van der Waals surface area contributed by atoms with Gasteiger partial charge < -0.3 is 9.84 Å². The Morgan fingerprint density at radius 3 is 2.55 bits per heavy atom. The molecule has 10 atom stereocenters. The van der Waals surface area contributed by atoms with Gasteiger partial charge in [-0.2, -0.15) is 0 Å². The predicted molar refractivity (Wildman–Crippen MR) is 73.7 cm³/mol. The summed E-state index contributed by atoms with van der Waals surface area (Å²) in [7, 11) is 1.89. The van der Waals surface area contributed by atoms with Crippen LogP contribution in [-0.2, 0) is 10.3 Å². The van der Waals surface area contributed by atoms with Crippen LogP contribution in [0.15, 0.2) is 30.3 Å². The van der Waals surface area contributed by atoms with Crippen LogP contribution in [0.1, 0.15) is 12.0 Å². The van der Waals surface area contributed by atoms with E-state index in [1.165, 1.54) is 12.0 Å². The number of ether oxygens (including phenoxy) is 1. The van der Waals surface area contributed by atoms with E-state index in [9.17, 15) is 5.11 Å². The highest BCUT2D eigenvalue weighted by Crippen LogP contribution is 2.87. The minimum Gasteiger partial charge on any atom is -0.385 e. The molecule has 1 N–H and O–H groups in total. The Morgan fingerprint density at radius 1 is 1.00 bits per heavy atom. The first-order valence-electron chi connectivity index (χ1n) is 8.09. The second-order valence-electron chi connectivity index (χ2n) is 7.82. The third-order valence-electron chi connectivity index (χ3n) is 7.91. The van der Waals surface area contributed by atoms with E-state index in [2.05, 4.69) is 30.3 Å². The smallest absolute Gasteiger partial charge is 0.0965 e. The first-order valence-corrected chi connectivity index (χ1v) is 8.09. The highest BCUT2D eigenvalue weighted by Gasteiger charge is 2.87. The van der Waals surface area contributed by atoms with Crippen LogP contribution in [0, 0.1) is 47.3 Å². The fourth-order valence-electron chi connectivity index (χ4n) is 7.91. The Labute approximate surface area is 119 Å². The fourth-order valence-corrected chi connectivity index (χ4v) is 7.91. The number of methoxy groups -OCH3 is 1. The highest BCUT2D eigenvalue weighted by molar-refractivity contribution is 5.40. The number of benzene rings is 1. The molecule has 0 spiro atoms. The Kier molecular flexibility index (Phi) is 1.62. The van der Waals surface area contributed by atoms with Crippen LogP contribution in [0.25, 0.3) is 0 Å². The van der Waals surface area contributed by atoms with Crippen molar-refractivity contribution >= 4 is 0 Å². The van der Waals surface area contributed by atoms with E-state index in [-0.39, 0.29) is 0 Å². The molecule has 6 rings (SSSR count). The van der Waals surface area contributed by atoms with E-state index < -0.39 is 5.60 Å². The maximum atomic E-state index is 11.7. The first kappa shape index (κ1) is 10.8. The number of aliphatic hydroxyl groups is 1. The van der Waals surface area contributed by atoms with Crippen molar-refractivity contribution in [2.75, 3.05) is 7.11 Å². The summed E-state index contributed by atoms with van der Waals surface area (Å²) in [5.41, 5.74) is 0.621. The number of hydrogen-bond acceptors (Lipinski definition) is 2. The van der Waals surface area contributed by atoms with Gasteiger partial charge in [0, 0.05) is 18.9 Å². The van der Waals surface area contributed by atoms with Gasteiger partial charge in [-0.25, -0.2) is 0 Å². The van der Waals surface area contributed by atoms with Gasteiger partial charge in [-0.15, -0.1) is 0 Å². The summed E-state index contributed by atoms with van der Waals surface area (Å²) in [5, 5.41) is 11.7. The molecule has 0 aromatic heterocycles. The maximum Gasteiger partial charge on any atom is 0.0965 e. The minimum atomic E-state index is -0.553. The van der Waals surface area contributed by atoms with Crippen LogP contribution in [0.4, 0.5) is 0 Å². The zero-order valence-corrected chi connectivity index (χ0v) is 11.6. The monoisotopic (exact) mass is 268 g/mol. The third-order valence-corrected chi connectivity index (χ3v) is 7.91. The molecule has 2 heteroatoms. The molecule has 5 fully saturated rings. The van der Waals surface area contributed by atoms with Crippen LogP contribution in [0.2, 0.25) is 0 Å². The summed E-state index contributed by atoms with van der Waals surface area (Å²) in [6, 6.07) is 10.5. The molecular formula is C18H20O2. The molecule has 0 heterocycles. The normalized spacial score (nSPS) is 63.2. The number of rotatable bonds is 2. The van der Waals surface area contributed by atoms with Gasteiger partial charge in [-0.05, 0) is 47.5 Å². The first-order chi connectivity index (χ1) is 9.78. The van der Waals surface area contributed by atoms with Crippen LogP contribution in [0.5, 0.6) is 0 Å². The molecule has 1 aromatic carbocycles. The van der Waals surface area contributed by atoms with Gasteiger partial charge in [0.05, 0.1) is 11.7 Å². The third kappa shape index (κ3) is 0.791. The number of fused-ring (bicyclic) bond motifs is 2. The molecule has 5 saturated carbocycles. The second-order valence-corrected chi connectivity index (χ2v) is 7.82. The molecule has 20 heavy (non-hydrogen) atoms. The van der Waals surface area contributed by atoms with Crippen molar-refractivity contribution in [3.63, 3.8) is 0 Å². The molecular weight excluding hydrogens is 248 g/mol. The van der Waals surface area contributed by atoms with Crippen molar-refractivity contribution in [1.82, 2.24) is 0 Å². The van der Waals surface area contributed by atoms with E-state index in [1.54, 1.807) is 0 Å². The summed E-state index contributed by atoms with van der Waals surface area (Å²) in [4.78, 5) is 0. The zero-order chi connectivity index (χ0) is 13.2. The van der Waals surface area contributed by atoms with E-state index in [4.69, 9.17) is 4.74 Å². The predicted octanol–water partition coefficient (Wildman–Crippen LogP) is 2.28. The van der Waals surface area contributed by atoms with Gasteiger partial charge in [0.1, 0.15) is 0 Å². The summed E-state index contributed by atoms with van der Waals surface area (Å²) in [6.07, 6.45) is 1.81. The average Bonchev–Trinajstić information content (AvgIpc) is 2.98. The highest BCUT2D eigenvalue weighted by atomic mass is 16.5. The standard InChI is InChI=1S/C18H20O2/c1-20-17-13-9-7-10-12-11(9)14(17)16(12)18(19,15(10)13)8-5-3-2-4-6-8/h2-6,9-17,19H,7H2,1H3/t9-,10+,11-,12+,13+,14-,15+,16-,17-,18+/m0/s1. The van der Waals surface area contributed by atoms with Gasteiger partial charge >= 0.3 is 0 Å². The lowest BCUT2D eigenvalue weighted by Crippen LogP contribution is -2.57. The fraction of sp³-hybridized carbons (Fsp3) is 0.667. The van der Waals surface area contributed by atoms with Crippen LogP contribution >= 0.6 is 0 Å². The summed E-state index contributed by atoms with van der Waals surface area (Å²) in [5.74, 6) is 5.52. The summed E-state index contributed by atoms with van der Waals surface area (Å²) in [6.45, 7) is 0. The molecule has 0 aliphatic heterocycles. The lowest BCUT2D eigenvalue weighted by molar-refractivity contribution is -0.183. The molecule has 104 valence electrons. The number of hydrogen-bond donors (Lipinski definition) is 1. The van der Waals surface area contributed by atoms with E-state index in [0.717, 1.165) is 23.7 Å². The van der Waals surface area contributed by atoms with E-state index in [0.29, 0.717) is 29.8 Å². The topological polar surface area (TPSA) is 29.5 Å². The molecule has 0 saturated heterocycles. The Balaban J connectivity index is 1.58. The largest absolute Gasteiger partial charge is 0.385 e. The molecule has 0 radical (unpaired) electrons. The van der Waals surface area contributed by atoms with Gasteiger partial charge in [0.25, 0.3) is 0 Å². The zero-order valence-electron chi connectivity index (χ0n) is 11.6. The quantitative estimate of drug-likeness (QED) is 0.891. The van der Waals surface area contributed by atoms with Crippen molar-refractivity contribution in [3.05, 3.63) is 35.9 Å². The lowest BCUT2D eigenvalue weighted by atomic mass is 9.54. The van der Waals surface area contributed by atoms with Gasteiger partial charge in [-0.3, -0.25) is 0 Å². The second kappa shape index (κ2) is 3.00. The van der Waals surface area contributed by atoms with E-state index >= 15 is 0 Å². The van der Waals surface area contributed by atoms with Crippen LogP contribution in [-0.4, -0.2) is 18.3 Å². The van der Waals surface area contributed by atoms with Crippen LogP contribution < -0.4 is 0 Å². The molecule has 5 aliphatic rings. The van der Waals surface area contributed by atoms with Crippen molar-refractivity contribution in [2.45, 2.75) is 18.1 Å². The van der Waals surface area contributed by atoms with Gasteiger partial charge in [-0.1, -0.05) is 30.3 Å². The molecule has 5 aliphatic carbocycles. The Hall–Kier alpha value is -0.860. The summed E-state index contributed by atoms with van der Waals surface area (Å²) < 4.78 is 5.89. The molecule has 0 unspecified atom stereocenters. The van der Waals surface area contributed by atoms with Crippen molar-refractivity contribution in [1.29, 1.82) is 0 Å². The lowest BCUT2D eigenvalue weighted by Gasteiger charge is -2.54. The van der Waals surface area contributed by atoms with Gasteiger partial charge in [0.15, 0.2) is 0 Å². The Bertz CT molecular complexity index is 599. The van der Waals surface area contributed by atoms with E-state index in [1.807, 2.05) is 7.11 Å². The molecule has 2 bridgehead atoms. The average molecular weight is 268 g/mol. The van der Waals surface area contributed by atoms with Crippen LogP contribution in [0.3, 0.4) is 0 Å². The van der Waals surface area contributed by atoms with Gasteiger partial charge in [0.2, 0.25) is 0 Å². The summed E-state index contributed by atoms with van der Waals surface area (Å²) >= 11 is 0.